The quantitative estimate of drug-likeness (QED) is 0.828. The molecule has 2 fully saturated rings. The third-order valence-electron chi connectivity index (χ3n) is 4.42. The Kier molecular flexibility index (Phi) is 4.21. The molecule has 0 spiro atoms. The van der Waals surface area contributed by atoms with Crippen LogP contribution in [0.2, 0.25) is 0 Å². The fourth-order valence-corrected chi connectivity index (χ4v) is 3.13. The van der Waals surface area contributed by atoms with Crippen LogP contribution in [0.5, 0.6) is 0 Å². The second-order valence-corrected chi connectivity index (χ2v) is 7.40. The molecule has 2 unspecified atom stereocenters. The maximum absolute atomic E-state index is 13.3. The molecule has 2 aliphatic rings. The highest BCUT2D eigenvalue weighted by molar-refractivity contribution is 5.70. The normalized spacial score (nSPS) is 24.5. The first-order valence-corrected chi connectivity index (χ1v) is 8.32. The highest BCUT2D eigenvalue weighted by Crippen LogP contribution is 2.35. The Bertz CT molecular complexity index is 567. The molecule has 0 aromatic heterocycles. The van der Waals surface area contributed by atoms with Gasteiger partial charge in [0.05, 0.1) is 6.04 Å². The van der Waals surface area contributed by atoms with E-state index in [0.29, 0.717) is 13.0 Å². The van der Waals surface area contributed by atoms with Gasteiger partial charge in [0.25, 0.3) is 0 Å². The van der Waals surface area contributed by atoms with E-state index in [4.69, 9.17) is 4.74 Å². The summed E-state index contributed by atoms with van der Waals surface area (Å²) in [5, 5.41) is 0. The van der Waals surface area contributed by atoms with Crippen LogP contribution >= 0.6 is 0 Å². The number of anilines is 1. The largest absolute Gasteiger partial charge is 0.444 e. The fraction of sp³-hybridized carbons (Fsp3) is 0.611. The van der Waals surface area contributed by atoms with Crippen LogP contribution in [0.3, 0.4) is 0 Å². The zero-order chi connectivity index (χ0) is 16.6. The number of hydrogen-bond acceptors (Lipinski definition) is 3. The van der Waals surface area contributed by atoms with E-state index in [2.05, 4.69) is 4.90 Å². The van der Waals surface area contributed by atoms with Crippen LogP contribution in [0.4, 0.5) is 14.9 Å². The Morgan fingerprint density at radius 3 is 2.35 bits per heavy atom. The lowest BCUT2D eigenvalue weighted by molar-refractivity contribution is -0.00573. The molecule has 2 atom stereocenters. The van der Waals surface area contributed by atoms with Gasteiger partial charge in [-0.15, -0.1) is 0 Å². The molecule has 0 saturated carbocycles. The van der Waals surface area contributed by atoms with E-state index in [1.807, 2.05) is 45.0 Å². The molecule has 1 aromatic rings. The molecule has 0 radical (unpaired) electrons. The van der Waals surface area contributed by atoms with Crippen LogP contribution in [0.15, 0.2) is 24.3 Å². The molecular weight excluding hydrogens is 295 g/mol. The number of ether oxygens (including phenoxy) is 1. The molecular formula is C18H25FN2O2. The molecule has 1 amide bonds. The molecule has 0 aliphatic carbocycles. The number of halogens is 1. The Labute approximate surface area is 137 Å². The summed E-state index contributed by atoms with van der Waals surface area (Å²) in [5.41, 5.74) is 1.69. The molecule has 2 heterocycles. The summed E-state index contributed by atoms with van der Waals surface area (Å²) >= 11 is 0. The van der Waals surface area contributed by atoms with Crippen molar-refractivity contribution in [1.82, 2.24) is 4.90 Å². The molecule has 0 N–H and O–H groups in total. The number of hydrogen-bond donors (Lipinski definition) is 0. The Morgan fingerprint density at radius 2 is 1.87 bits per heavy atom. The second-order valence-electron chi connectivity index (χ2n) is 7.40. The maximum Gasteiger partial charge on any atom is 0.410 e. The van der Waals surface area contributed by atoms with Gasteiger partial charge in [-0.05, 0) is 51.3 Å². The molecule has 1 aromatic carbocycles. The van der Waals surface area contributed by atoms with Gasteiger partial charge in [0.1, 0.15) is 11.8 Å². The van der Waals surface area contributed by atoms with Crippen LogP contribution < -0.4 is 4.90 Å². The third-order valence-corrected chi connectivity index (χ3v) is 4.42. The van der Waals surface area contributed by atoms with Gasteiger partial charge < -0.3 is 14.5 Å². The number of likely N-dealkylation sites (tertiary alicyclic amines) is 1. The third kappa shape index (κ3) is 3.59. The van der Waals surface area contributed by atoms with Gasteiger partial charge in [-0.3, -0.25) is 0 Å². The lowest BCUT2D eigenvalue weighted by Gasteiger charge is -2.41. The van der Waals surface area contributed by atoms with Gasteiger partial charge in [0.15, 0.2) is 0 Å². The Balaban J connectivity index is 1.64. The minimum atomic E-state index is -0.719. The average molecular weight is 320 g/mol. The molecule has 2 saturated heterocycles. The molecule has 5 heteroatoms. The number of carbonyl (C=O) groups excluding carboxylic acids is 1. The molecule has 2 aliphatic heterocycles. The summed E-state index contributed by atoms with van der Waals surface area (Å²) in [7, 11) is 0. The monoisotopic (exact) mass is 320 g/mol. The average Bonchev–Trinajstić information content (AvgIpc) is 2.83. The SMILES string of the molecule is CC(C)(C)OC(=O)N1CCC1c1ccc(N2CCC(F)C2)cc1. The van der Waals surface area contributed by atoms with E-state index >= 15 is 0 Å². The van der Waals surface area contributed by atoms with E-state index in [-0.39, 0.29) is 12.1 Å². The second kappa shape index (κ2) is 6.02. The van der Waals surface area contributed by atoms with Gasteiger partial charge in [-0.25, -0.2) is 9.18 Å². The van der Waals surface area contributed by atoms with Gasteiger partial charge in [-0.2, -0.15) is 0 Å². The van der Waals surface area contributed by atoms with Gasteiger partial charge >= 0.3 is 6.09 Å². The van der Waals surface area contributed by atoms with E-state index in [1.54, 1.807) is 4.90 Å². The fourth-order valence-electron chi connectivity index (χ4n) is 3.13. The van der Waals surface area contributed by atoms with Crippen molar-refractivity contribution in [2.75, 3.05) is 24.5 Å². The van der Waals surface area contributed by atoms with Crippen molar-refractivity contribution in [3.63, 3.8) is 0 Å². The van der Waals surface area contributed by atoms with E-state index < -0.39 is 11.8 Å². The van der Waals surface area contributed by atoms with E-state index in [1.165, 1.54) is 0 Å². The number of benzene rings is 1. The lowest BCUT2D eigenvalue weighted by Crippen LogP contribution is -2.47. The molecule has 23 heavy (non-hydrogen) atoms. The van der Waals surface area contributed by atoms with E-state index in [9.17, 15) is 9.18 Å². The van der Waals surface area contributed by atoms with Gasteiger partial charge in [-0.1, -0.05) is 12.1 Å². The molecule has 126 valence electrons. The summed E-state index contributed by atoms with van der Waals surface area (Å²) in [6.07, 6.45) is 0.590. The number of amides is 1. The Hall–Kier alpha value is -1.78. The predicted octanol–water partition coefficient (Wildman–Crippen LogP) is 3.92. The molecule has 3 rings (SSSR count). The number of alkyl halides is 1. The van der Waals surface area contributed by atoms with Crippen LogP contribution in [0.1, 0.15) is 45.2 Å². The summed E-state index contributed by atoms with van der Waals surface area (Å²) in [5.74, 6) is 0. The maximum atomic E-state index is 13.3. The zero-order valence-electron chi connectivity index (χ0n) is 14.1. The topological polar surface area (TPSA) is 32.8 Å². The minimum absolute atomic E-state index is 0.0893. The van der Waals surface area contributed by atoms with Crippen molar-refractivity contribution in [3.8, 4) is 0 Å². The van der Waals surface area contributed by atoms with Crippen LogP contribution in [-0.2, 0) is 4.74 Å². The highest BCUT2D eigenvalue weighted by atomic mass is 19.1. The number of carbonyl (C=O) groups is 1. The van der Waals surface area contributed by atoms with E-state index in [0.717, 1.165) is 30.8 Å². The first-order chi connectivity index (χ1) is 10.8. The number of rotatable bonds is 2. The van der Waals surface area contributed by atoms with Crippen molar-refractivity contribution in [1.29, 1.82) is 0 Å². The molecule has 4 nitrogen and oxygen atoms in total. The van der Waals surface area contributed by atoms with Crippen molar-refractivity contribution >= 4 is 11.8 Å². The Morgan fingerprint density at radius 1 is 1.17 bits per heavy atom. The van der Waals surface area contributed by atoms with Crippen LogP contribution in [0.25, 0.3) is 0 Å². The van der Waals surface area contributed by atoms with Crippen molar-refractivity contribution in [2.45, 2.75) is 51.4 Å². The van der Waals surface area contributed by atoms with Gasteiger partial charge in [0, 0.05) is 25.3 Å². The zero-order valence-corrected chi connectivity index (χ0v) is 14.1. The lowest BCUT2D eigenvalue weighted by atomic mass is 9.95. The summed E-state index contributed by atoms with van der Waals surface area (Å²) in [6, 6.07) is 8.23. The highest BCUT2D eigenvalue weighted by Gasteiger charge is 2.36. The first kappa shape index (κ1) is 16.1. The summed E-state index contributed by atoms with van der Waals surface area (Å²) in [6.45, 7) is 7.62. The summed E-state index contributed by atoms with van der Waals surface area (Å²) < 4.78 is 18.8. The van der Waals surface area contributed by atoms with Crippen LogP contribution in [-0.4, -0.2) is 42.4 Å². The number of nitrogens with zero attached hydrogens (tertiary/aromatic N) is 2. The molecule has 0 bridgehead atoms. The standard InChI is InChI=1S/C18H25FN2O2/c1-18(2,3)23-17(22)21-11-9-16(21)13-4-6-15(7-5-13)20-10-8-14(19)12-20/h4-7,14,16H,8-12H2,1-3H3. The smallest absolute Gasteiger partial charge is 0.410 e. The minimum Gasteiger partial charge on any atom is -0.444 e. The van der Waals surface area contributed by atoms with Crippen LogP contribution in [0, 0.1) is 0 Å². The predicted molar refractivity (Wildman–Crippen MR) is 88.5 cm³/mol. The van der Waals surface area contributed by atoms with Gasteiger partial charge in [0.2, 0.25) is 0 Å². The first-order valence-electron chi connectivity index (χ1n) is 8.32. The van der Waals surface area contributed by atoms with Crippen molar-refractivity contribution < 1.29 is 13.9 Å². The summed E-state index contributed by atoms with van der Waals surface area (Å²) in [4.78, 5) is 16.0. The van der Waals surface area contributed by atoms with Crippen molar-refractivity contribution in [2.24, 2.45) is 0 Å². The van der Waals surface area contributed by atoms with Crippen molar-refractivity contribution in [3.05, 3.63) is 29.8 Å².